The van der Waals surface area contributed by atoms with Gasteiger partial charge in [-0.3, -0.25) is 9.78 Å². The van der Waals surface area contributed by atoms with Crippen molar-refractivity contribution in [2.24, 2.45) is 0 Å². The highest BCUT2D eigenvalue weighted by Gasteiger charge is 2.41. The van der Waals surface area contributed by atoms with Gasteiger partial charge >= 0.3 is 0 Å². The zero-order valence-electron chi connectivity index (χ0n) is 21.8. The second-order valence-corrected chi connectivity index (χ2v) is 10.1. The number of carbonyl (C=O) groups excluding carboxylic acids is 1. The molecule has 1 saturated heterocycles. The maximum absolute atomic E-state index is 12.9. The average molecular weight is 525 g/mol. The molecule has 8 heteroatoms. The standard InChI is InChI=1S/C30H32N6OS/c1-21-9-11-22(12-10-21)32-27(37)17-20-36-29(28(33-30(36)38)25-7-4-5-18-31-25)26-8-6-19-35(26)24-15-13-23(14-16-24)34(2)3/h4-16,18-19,28-29H,17,20H2,1-3H3,(H,32,37)(H,33,38)/t28-,29-/m1/s1. The van der Waals surface area contributed by atoms with Gasteiger partial charge in [0.05, 0.1) is 17.8 Å². The first kappa shape index (κ1) is 25.5. The number of carbonyl (C=O) groups is 1. The van der Waals surface area contributed by atoms with Gasteiger partial charge in [0.2, 0.25) is 5.91 Å². The van der Waals surface area contributed by atoms with Crippen LogP contribution in [0.2, 0.25) is 0 Å². The molecule has 2 atom stereocenters. The number of hydrogen-bond acceptors (Lipinski definition) is 4. The molecule has 1 aliphatic rings. The first-order valence-corrected chi connectivity index (χ1v) is 13.1. The third kappa shape index (κ3) is 5.40. The van der Waals surface area contributed by atoms with E-state index in [1.165, 1.54) is 0 Å². The Morgan fingerprint density at radius 1 is 1.03 bits per heavy atom. The molecule has 0 bridgehead atoms. The van der Waals surface area contributed by atoms with E-state index < -0.39 is 0 Å². The number of nitrogens with zero attached hydrogens (tertiary/aromatic N) is 4. The van der Waals surface area contributed by atoms with Crippen LogP contribution >= 0.6 is 12.2 Å². The largest absolute Gasteiger partial charge is 0.378 e. The number of thiocarbonyl (C=S) groups is 1. The number of benzene rings is 2. The van der Waals surface area contributed by atoms with Crippen molar-refractivity contribution in [3.63, 3.8) is 0 Å². The molecule has 0 saturated carbocycles. The minimum atomic E-state index is -0.154. The number of amides is 1. The lowest BCUT2D eigenvalue weighted by Crippen LogP contribution is -2.33. The second kappa shape index (κ2) is 11.1. The van der Waals surface area contributed by atoms with E-state index in [0.717, 1.165) is 34.0 Å². The van der Waals surface area contributed by atoms with E-state index in [1.807, 2.05) is 69.6 Å². The average Bonchev–Trinajstić information content (AvgIpc) is 3.53. The number of anilines is 2. The van der Waals surface area contributed by atoms with Crippen LogP contribution in [0.3, 0.4) is 0 Å². The summed E-state index contributed by atoms with van der Waals surface area (Å²) in [4.78, 5) is 21.7. The van der Waals surface area contributed by atoms with Crippen LogP contribution in [0.15, 0.2) is 91.3 Å². The van der Waals surface area contributed by atoms with Crippen LogP contribution in [0.1, 0.15) is 35.5 Å². The Labute approximate surface area is 229 Å². The zero-order valence-corrected chi connectivity index (χ0v) is 22.7. The van der Waals surface area contributed by atoms with Gasteiger partial charge in [0.15, 0.2) is 5.11 Å². The molecule has 4 aromatic rings. The minimum absolute atomic E-state index is 0.0497. The molecule has 2 N–H and O–H groups in total. The summed E-state index contributed by atoms with van der Waals surface area (Å²) >= 11 is 5.81. The lowest BCUT2D eigenvalue weighted by Gasteiger charge is -2.29. The van der Waals surface area contributed by atoms with Crippen molar-refractivity contribution >= 4 is 34.6 Å². The van der Waals surface area contributed by atoms with E-state index in [0.29, 0.717) is 18.1 Å². The van der Waals surface area contributed by atoms with Gasteiger partial charge in [0, 0.05) is 62.2 Å². The van der Waals surface area contributed by atoms with Crippen LogP contribution in [0.25, 0.3) is 5.69 Å². The molecule has 7 nitrogen and oxygen atoms in total. The molecule has 1 amide bonds. The van der Waals surface area contributed by atoms with Crippen molar-refractivity contribution in [2.75, 3.05) is 30.9 Å². The SMILES string of the molecule is Cc1ccc(NC(=O)CCN2C(=S)N[C@H](c3ccccn3)[C@H]2c2cccn2-c2ccc(N(C)C)cc2)cc1. The lowest BCUT2D eigenvalue weighted by molar-refractivity contribution is -0.116. The van der Waals surface area contributed by atoms with Crippen molar-refractivity contribution in [1.82, 2.24) is 19.8 Å². The molecule has 1 aliphatic heterocycles. The minimum Gasteiger partial charge on any atom is -0.378 e. The Bertz CT molecular complexity index is 1400. The van der Waals surface area contributed by atoms with Crippen LogP contribution in [0, 0.1) is 6.92 Å². The quantitative estimate of drug-likeness (QED) is 0.307. The van der Waals surface area contributed by atoms with Crippen LogP contribution in [-0.4, -0.2) is 46.1 Å². The van der Waals surface area contributed by atoms with Crippen molar-refractivity contribution in [3.05, 3.63) is 108 Å². The summed E-state index contributed by atoms with van der Waals surface area (Å²) in [6.07, 6.45) is 4.17. The Balaban J connectivity index is 1.43. The Morgan fingerprint density at radius 3 is 2.47 bits per heavy atom. The maximum atomic E-state index is 12.9. The summed E-state index contributed by atoms with van der Waals surface area (Å²) in [6.45, 7) is 2.50. The van der Waals surface area contributed by atoms with Gasteiger partial charge in [-0.05, 0) is 79.8 Å². The van der Waals surface area contributed by atoms with Gasteiger partial charge in [0.1, 0.15) is 0 Å². The van der Waals surface area contributed by atoms with Crippen molar-refractivity contribution < 1.29 is 4.79 Å². The summed E-state index contributed by atoms with van der Waals surface area (Å²) in [6, 6.07) is 26.1. The van der Waals surface area contributed by atoms with Crippen LogP contribution < -0.4 is 15.5 Å². The normalized spacial score (nSPS) is 16.8. The molecular formula is C30H32N6OS. The number of hydrogen-bond donors (Lipinski definition) is 2. The molecule has 2 aromatic heterocycles. The fraction of sp³-hybridized carbons (Fsp3) is 0.233. The first-order valence-electron chi connectivity index (χ1n) is 12.7. The Morgan fingerprint density at radius 2 is 1.79 bits per heavy atom. The number of rotatable bonds is 8. The molecule has 5 rings (SSSR count). The third-order valence-corrected chi connectivity index (χ3v) is 7.19. The van der Waals surface area contributed by atoms with Gasteiger partial charge in [-0.2, -0.15) is 0 Å². The highest BCUT2D eigenvalue weighted by Crippen LogP contribution is 2.39. The van der Waals surface area contributed by atoms with Gasteiger partial charge in [-0.1, -0.05) is 23.8 Å². The Hall–Kier alpha value is -4.17. The van der Waals surface area contributed by atoms with E-state index in [4.69, 9.17) is 12.2 Å². The lowest BCUT2D eigenvalue weighted by atomic mass is 10.0. The predicted octanol–water partition coefficient (Wildman–Crippen LogP) is 5.25. The van der Waals surface area contributed by atoms with E-state index in [2.05, 4.69) is 66.5 Å². The molecule has 38 heavy (non-hydrogen) atoms. The molecule has 194 valence electrons. The van der Waals surface area contributed by atoms with Crippen LogP contribution in [0.5, 0.6) is 0 Å². The fourth-order valence-corrected chi connectivity index (χ4v) is 5.16. The molecule has 3 heterocycles. The molecule has 0 spiro atoms. The van der Waals surface area contributed by atoms with Crippen molar-refractivity contribution in [3.8, 4) is 5.69 Å². The van der Waals surface area contributed by atoms with Gasteiger partial charge < -0.3 is 25.0 Å². The van der Waals surface area contributed by atoms with Crippen LogP contribution in [0.4, 0.5) is 11.4 Å². The van der Waals surface area contributed by atoms with E-state index in [-0.39, 0.29) is 18.0 Å². The fourth-order valence-electron chi connectivity index (χ4n) is 4.83. The highest BCUT2D eigenvalue weighted by molar-refractivity contribution is 7.80. The number of aromatic nitrogens is 2. The smallest absolute Gasteiger partial charge is 0.226 e. The van der Waals surface area contributed by atoms with E-state index in [9.17, 15) is 4.79 Å². The molecule has 0 radical (unpaired) electrons. The molecular weight excluding hydrogens is 492 g/mol. The number of nitrogens with one attached hydrogen (secondary N) is 2. The topological polar surface area (TPSA) is 65.4 Å². The summed E-state index contributed by atoms with van der Waals surface area (Å²) in [7, 11) is 4.07. The Kier molecular flexibility index (Phi) is 7.42. The zero-order chi connectivity index (χ0) is 26.6. The van der Waals surface area contributed by atoms with Gasteiger partial charge in [0.25, 0.3) is 0 Å². The van der Waals surface area contributed by atoms with Gasteiger partial charge in [-0.15, -0.1) is 0 Å². The van der Waals surface area contributed by atoms with Crippen molar-refractivity contribution in [2.45, 2.75) is 25.4 Å². The predicted molar refractivity (Wildman–Crippen MR) is 157 cm³/mol. The van der Waals surface area contributed by atoms with E-state index in [1.54, 1.807) is 6.20 Å². The third-order valence-electron chi connectivity index (χ3n) is 6.84. The summed E-state index contributed by atoms with van der Waals surface area (Å²) in [5.74, 6) is -0.0497. The van der Waals surface area contributed by atoms with Crippen molar-refractivity contribution in [1.29, 1.82) is 0 Å². The maximum Gasteiger partial charge on any atom is 0.226 e. The van der Waals surface area contributed by atoms with E-state index >= 15 is 0 Å². The monoisotopic (exact) mass is 524 g/mol. The number of pyridine rings is 1. The van der Waals surface area contributed by atoms with Crippen LogP contribution in [-0.2, 0) is 4.79 Å². The second-order valence-electron chi connectivity index (χ2n) is 9.70. The highest BCUT2D eigenvalue weighted by atomic mass is 32.1. The molecule has 2 aromatic carbocycles. The molecule has 0 aliphatic carbocycles. The summed E-state index contributed by atoms with van der Waals surface area (Å²) < 4.78 is 2.19. The molecule has 0 unspecified atom stereocenters. The molecule has 1 fully saturated rings. The summed E-state index contributed by atoms with van der Waals surface area (Å²) in [5, 5.41) is 7.10. The van der Waals surface area contributed by atoms with Gasteiger partial charge in [-0.25, -0.2) is 0 Å². The summed E-state index contributed by atoms with van der Waals surface area (Å²) in [5.41, 5.74) is 6.12. The number of aryl methyl sites for hydroxylation is 1. The first-order chi connectivity index (χ1) is 18.4.